The summed E-state index contributed by atoms with van der Waals surface area (Å²) in [6.07, 6.45) is 1.06. The molecule has 0 unspecified atom stereocenters. The van der Waals surface area contributed by atoms with Crippen molar-refractivity contribution < 1.29 is 19.1 Å². The molecule has 15 heavy (non-hydrogen) atoms. The molecule has 0 heterocycles. The monoisotopic (exact) mass is 214 g/mol. The second kappa shape index (κ2) is 4.21. The Morgan fingerprint density at radius 1 is 1.33 bits per heavy atom. The van der Waals surface area contributed by atoms with Gasteiger partial charge in [0.2, 0.25) is 0 Å². The summed E-state index contributed by atoms with van der Waals surface area (Å²) in [6, 6.07) is 0. The molecule has 1 rings (SSSR count). The lowest BCUT2D eigenvalue weighted by molar-refractivity contribution is -0.155. The van der Waals surface area contributed by atoms with Crippen molar-refractivity contribution in [3.8, 4) is 0 Å². The number of methoxy groups -OCH3 is 1. The molecule has 0 aromatic heterocycles. The fraction of sp³-hybridized carbons (Fsp3) is 0.818. The number of carbonyl (C=O) groups is 2. The van der Waals surface area contributed by atoms with Crippen LogP contribution in [0.1, 0.15) is 33.6 Å². The summed E-state index contributed by atoms with van der Waals surface area (Å²) < 4.78 is 9.75. The first-order chi connectivity index (χ1) is 6.83. The van der Waals surface area contributed by atoms with E-state index in [9.17, 15) is 9.59 Å². The number of hydrogen-bond donors (Lipinski definition) is 0. The summed E-state index contributed by atoms with van der Waals surface area (Å²) in [6.45, 7) is 5.49. The zero-order valence-corrected chi connectivity index (χ0v) is 9.70. The van der Waals surface area contributed by atoms with E-state index in [1.807, 2.05) is 20.8 Å². The molecule has 0 radical (unpaired) electrons. The van der Waals surface area contributed by atoms with E-state index in [0.717, 1.165) is 6.42 Å². The van der Waals surface area contributed by atoms with E-state index in [-0.39, 0.29) is 23.8 Å². The summed E-state index contributed by atoms with van der Waals surface area (Å²) in [5, 5.41) is 0. The van der Waals surface area contributed by atoms with Crippen LogP contribution in [0.4, 0.5) is 0 Å². The zero-order valence-electron chi connectivity index (χ0n) is 9.70. The van der Waals surface area contributed by atoms with Gasteiger partial charge in [0.15, 0.2) is 0 Å². The van der Waals surface area contributed by atoms with Crippen molar-refractivity contribution in [3.05, 3.63) is 0 Å². The molecule has 0 amide bonds. The van der Waals surface area contributed by atoms with E-state index in [0.29, 0.717) is 6.42 Å². The Bertz CT molecular complexity index is 264. The average molecular weight is 214 g/mol. The molecule has 1 aliphatic carbocycles. The van der Waals surface area contributed by atoms with E-state index in [1.165, 1.54) is 7.11 Å². The quantitative estimate of drug-likeness (QED) is 0.668. The minimum atomic E-state index is -0.452. The molecule has 0 aromatic rings. The third-order valence-electron chi connectivity index (χ3n) is 2.28. The maximum Gasteiger partial charge on any atom is 0.308 e. The molecule has 0 saturated heterocycles. The van der Waals surface area contributed by atoms with Crippen LogP contribution >= 0.6 is 0 Å². The topological polar surface area (TPSA) is 52.6 Å². The Kier molecular flexibility index (Phi) is 3.37. The highest BCUT2D eigenvalue weighted by Gasteiger charge is 2.45. The van der Waals surface area contributed by atoms with Crippen molar-refractivity contribution in [3.63, 3.8) is 0 Å². The van der Waals surface area contributed by atoms with Gasteiger partial charge in [-0.15, -0.1) is 0 Å². The van der Waals surface area contributed by atoms with Gasteiger partial charge in [-0.1, -0.05) is 0 Å². The summed E-state index contributed by atoms with van der Waals surface area (Å²) >= 11 is 0. The van der Waals surface area contributed by atoms with Crippen LogP contribution in [0.15, 0.2) is 0 Å². The van der Waals surface area contributed by atoms with E-state index in [4.69, 9.17) is 4.74 Å². The minimum absolute atomic E-state index is 0.0949. The molecule has 1 saturated carbocycles. The van der Waals surface area contributed by atoms with Crippen LogP contribution in [-0.2, 0) is 19.1 Å². The van der Waals surface area contributed by atoms with Crippen LogP contribution in [0.25, 0.3) is 0 Å². The fourth-order valence-electron chi connectivity index (χ4n) is 1.51. The van der Waals surface area contributed by atoms with Crippen LogP contribution in [0.2, 0.25) is 0 Å². The molecular formula is C11H18O4. The SMILES string of the molecule is COC(=O)[C@@H]1C[C@H]1CC(=O)OC(C)(C)C. The van der Waals surface area contributed by atoms with Crippen LogP contribution in [-0.4, -0.2) is 24.6 Å². The van der Waals surface area contributed by atoms with Crippen molar-refractivity contribution >= 4 is 11.9 Å². The molecule has 4 nitrogen and oxygen atoms in total. The number of carbonyl (C=O) groups excluding carboxylic acids is 2. The van der Waals surface area contributed by atoms with Gasteiger partial charge in [0.25, 0.3) is 0 Å². The molecule has 86 valence electrons. The Hall–Kier alpha value is -1.06. The average Bonchev–Trinajstić information content (AvgIpc) is 2.79. The predicted octanol–water partition coefficient (Wildman–Crippen LogP) is 1.53. The van der Waals surface area contributed by atoms with Gasteiger partial charge in [-0.2, -0.15) is 0 Å². The normalized spacial score (nSPS) is 24.5. The largest absolute Gasteiger partial charge is 0.469 e. The molecule has 4 heteroatoms. The predicted molar refractivity (Wildman–Crippen MR) is 54.1 cm³/mol. The highest BCUT2D eigenvalue weighted by atomic mass is 16.6. The maximum atomic E-state index is 11.4. The third kappa shape index (κ3) is 3.90. The fourth-order valence-corrected chi connectivity index (χ4v) is 1.51. The Labute approximate surface area is 89.9 Å². The molecular weight excluding hydrogens is 196 g/mol. The molecule has 0 N–H and O–H groups in total. The van der Waals surface area contributed by atoms with Gasteiger partial charge >= 0.3 is 11.9 Å². The number of hydrogen-bond acceptors (Lipinski definition) is 4. The van der Waals surface area contributed by atoms with Crippen LogP contribution < -0.4 is 0 Å². The highest BCUT2D eigenvalue weighted by molar-refractivity contribution is 5.78. The number of rotatable bonds is 3. The summed E-state index contributed by atoms with van der Waals surface area (Å²) in [7, 11) is 1.37. The minimum Gasteiger partial charge on any atom is -0.469 e. The van der Waals surface area contributed by atoms with Crippen molar-refractivity contribution in [2.75, 3.05) is 7.11 Å². The molecule has 2 atom stereocenters. The van der Waals surface area contributed by atoms with Gasteiger partial charge in [0, 0.05) is 6.42 Å². The van der Waals surface area contributed by atoms with Crippen LogP contribution in [0.5, 0.6) is 0 Å². The standard InChI is InChI=1S/C11H18O4/c1-11(2,3)15-9(12)6-7-5-8(7)10(13)14-4/h7-8H,5-6H2,1-4H3/t7-,8+/m0/s1. The van der Waals surface area contributed by atoms with Crippen LogP contribution in [0, 0.1) is 11.8 Å². The van der Waals surface area contributed by atoms with Crippen molar-refractivity contribution in [2.24, 2.45) is 11.8 Å². The number of esters is 2. The van der Waals surface area contributed by atoms with Gasteiger partial charge in [-0.05, 0) is 33.1 Å². The second-order valence-electron chi connectivity index (χ2n) is 4.92. The van der Waals surface area contributed by atoms with Gasteiger partial charge in [-0.3, -0.25) is 9.59 Å². The van der Waals surface area contributed by atoms with E-state index in [1.54, 1.807) is 0 Å². The second-order valence-corrected chi connectivity index (χ2v) is 4.92. The molecule has 1 aliphatic rings. The Balaban J connectivity index is 2.28. The van der Waals surface area contributed by atoms with E-state index in [2.05, 4.69) is 4.74 Å². The lowest BCUT2D eigenvalue weighted by atomic mass is 10.2. The van der Waals surface area contributed by atoms with Crippen molar-refractivity contribution in [1.29, 1.82) is 0 Å². The van der Waals surface area contributed by atoms with E-state index >= 15 is 0 Å². The van der Waals surface area contributed by atoms with Gasteiger partial charge < -0.3 is 9.47 Å². The molecule has 0 spiro atoms. The smallest absolute Gasteiger partial charge is 0.308 e. The lowest BCUT2D eigenvalue weighted by Crippen LogP contribution is -2.24. The molecule has 0 aliphatic heterocycles. The number of ether oxygens (including phenoxy) is 2. The molecule has 0 bridgehead atoms. The summed E-state index contributed by atoms with van der Waals surface area (Å²) in [4.78, 5) is 22.5. The van der Waals surface area contributed by atoms with Crippen LogP contribution in [0.3, 0.4) is 0 Å². The zero-order chi connectivity index (χ0) is 11.6. The Morgan fingerprint density at radius 3 is 2.40 bits per heavy atom. The van der Waals surface area contributed by atoms with Gasteiger partial charge in [0.1, 0.15) is 5.60 Å². The molecule has 0 aromatic carbocycles. The maximum absolute atomic E-state index is 11.4. The first-order valence-electron chi connectivity index (χ1n) is 5.13. The highest BCUT2D eigenvalue weighted by Crippen LogP contribution is 2.42. The van der Waals surface area contributed by atoms with Gasteiger partial charge in [0.05, 0.1) is 13.0 Å². The lowest BCUT2D eigenvalue weighted by Gasteiger charge is -2.19. The molecule has 1 fully saturated rings. The summed E-state index contributed by atoms with van der Waals surface area (Å²) in [5.41, 5.74) is -0.452. The third-order valence-corrected chi connectivity index (χ3v) is 2.28. The van der Waals surface area contributed by atoms with Crippen molar-refractivity contribution in [1.82, 2.24) is 0 Å². The van der Waals surface area contributed by atoms with E-state index < -0.39 is 5.60 Å². The first-order valence-corrected chi connectivity index (χ1v) is 5.13. The Morgan fingerprint density at radius 2 is 1.93 bits per heavy atom. The first kappa shape index (κ1) is 12.0. The summed E-state index contributed by atoms with van der Waals surface area (Å²) in [5.74, 6) is -0.433. The van der Waals surface area contributed by atoms with Crippen molar-refractivity contribution in [2.45, 2.75) is 39.2 Å². The van der Waals surface area contributed by atoms with Gasteiger partial charge in [-0.25, -0.2) is 0 Å².